The lowest BCUT2D eigenvalue weighted by Gasteiger charge is -2.11. The molecule has 1 heteroatoms. The fourth-order valence-corrected chi connectivity index (χ4v) is 1.94. The van der Waals surface area contributed by atoms with Gasteiger partial charge >= 0.3 is 0 Å². The number of hydrogen-bond donors (Lipinski definition) is 0. The largest absolute Gasteiger partial charge is 0.488 e. The van der Waals surface area contributed by atoms with E-state index in [2.05, 4.69) is 37.0 Å². The van der Waals surface area contributed by atoms with E-state index in [0.717, 1.165) is 16.9 Å². The van der Waals surface area contributed by atoms with Crippen LogP contribution in [0.5, 0.6) is 5.75 Å². The van der Waals surface area contributed by atoms with Gasteiger partial charge in [-0.05, 0) is 43.2 Å². The summed E-state index contributed by atoms with van der Waals surface area (Å²) in [4.78, 5) is 0. The molecule has 100 valence electrons. The van der Waals surface area contributed by atoms with Crippen molar-refractivity contribution in [2.75, 3.05) is 0 Å². The third kappa shape index (κ3) is 3.76. The van der Waals surface area contributed by atoms with Crippen LogP contribution >= 0.6 is 0 Å². The molecule has 0 radical (unpaired) electrons. The number of benzene rings is 2. The van der Waals surface area contributed by atoms with Crippen LogP contribution in [-0.4, -0.2) is 0 Å². The summed E-state index contributed by atoms with van der Waals surface area (Å²) in [5.74, 6) is 6.69. The van der Waals surface area contributed by atoms with Crippen molar-refractivity contribution < 1.29 is 4.74 Å². The molecule has 2 rings (SSSR count). The Morgan fingerprint density at radius 1 is 1.05 bits per heavy atom. The summed E-state index contributed by atoms with van der Waals surface area (Å²) >= 11 is 0. The molecule has 0 aliphatic heterocycles. The van der Waals surface area contributed by atoms with E-state index in [1.165, 1.54) is 5.56 Å². The van der Waals surface area contributed by atoms with E-state index in [9.17, 15) is 0 Å². The fourth-order valence-electron chi connectivity index (χ4n) is 1.94. The summed E-state index contributed by atoms with van der Waals surface area (Å²) < 4.78 is 5.94. The molecule has 0 saturated carbocycles. The Balaban J connectivity index is 2.18. The first-order valence-electron chi connectivity index (χ1n) is 6.66. The Labute approximate surface area is 120 Å². The Morgan fingerprint density at radius 3 is 2.60 bits per heavy atom. The molecule has 0 atom stereocenters. The van der Waals surface area contributed by atoms with Crippen molar-refractivity contribution in [3.63, 3.8) is 0 Å². The van der Waals surface area contributed by atoms with E-state index in [1.807, 2.05) is 49.4 Å². The van der Waals surface area contributed by atoms with E-state index in [-0.39, 0.29) is 0 Å². The van der Waals surface area contributed by atoms with Gasteiger partial charge in [-0.3, -0.25) is 0 Å². The monoisotopic (exact) mass is 262 g/mol. The van der Waals surface area contributed by atoms with Crippen LogP contribution in [-0.2, 0) is 6.61 Å². The quantitative estimate of drug-likeness (QED) is 0.731. The second kappa shape index (κ2) is 7.21. The number of allylic oxidation sites excluding steroid dienone is 1. The summed E-state index contributed by atoms with van der Waals surface area (Å²) in [5.41, 5.74) is 3.44. The summed E-state index contributed by atoms with van der Waals surface area (Å²) in [6, 6.07) is 16.3. The maximum absolute atomic E-state index is 5.94. The molecule has 1 nitrogen and oxygen atoms in total. The van der Waals surface area contributed by atoms with Gasteiger partial charge in [0.15, 0.2) is 0 Å². The molecular formula is C19H18O. The average Bonchev–Trinajstić information content (AvgIpc) is 2.48. The Bertz CT molecular complexity index is 642. The Hall–Kier alpha value is -2.46. The van der Waals surface area contributed by atoms with Crippen molar-refractivity contribution >= 4 is 6.08 Å². The van der Waals surface area contributed by atoms with Crippen LogP contribution in [0.4, 0.5) is 0 Å². The van der Waals surface area contributed by atoms with Crippen molar-refractivity contribution in [3.05, 3.63) is 71.3 Å². The lowest BCUT2D eigenvalue weighted by molar-refractivity contribution is 0.305. The third-order valence-corrected chi connectivity index (χ3v) is 3.00. The molecule has 20 heavy (non-hydrogen) atoms. The molecule has 0 heterocycles. The zero-order chi connectivity index (χ0) is 14.2. The number of ether oxygens (including phenoxy) is 1. The highest BCUT2D eigenvalue weighted by Gasteiger charge is 2.03. The first-order chi connectivity index (χ1) is 9.81. The van der Waals surface area contributed by atoms with Gasteiger partial charge in [0, 0.05) is 5.56 Å². The highest BCUT2D eigenvalue weighted by atomic mass is 16.5. The molecule has 0 N–H and O–H groups in total. The SMILES string of the molecule is CC#C/C=C\c1c(C)cccc1OCc1ccccc1. The van der Waals surface area contributed by atoms with Gasteiger partial charge in [0.05, 0.1) is 0 Å². The molecule has 0 amide bonds. The summed E-state index contributed by atoms with van der Waals surface area (Å²) in [5, 5.41) is 0. The van der Waals surface area contributed by atoms with Crippen LogP contribution in [0.25, 0.3) is 6.08 Å². The lowest BCUT2D eigenvalue weighted by Crippen LogP contribution is -1.97. The fraction of sp³-hybridized carbons (Fsp3) is 0.158. The zero-order valence-corrected chi connectivity index (χ0v) is 11.9. The molecule has 0 aromatic heterocycles. The Morgan fingerprint density at radius 2 is 1.85 bits per heavy atom. The van der Waals surface area contributed by atoms with E-state index in [4.69, 9.17) is 4.74 Å². The second-order valence-corrected chi connectivity index (χ2v) is 4.49. The molecule has 0 spiro atoms. The minimum atomic E-state index is 0.574. The second-order valence-electron chi connectivity index (χ2n) is 4.49. The number of hydrogen-bond acceptors (Lipinski definition) is 1. The van der Waals surface area contributed by atoms with Gasteiger partial charge in [-0.1, -0.05) is 48.4 Å². The number of aryl methyl sites for hydroxylation is 1. The van der Waals surface area contributed by atoms with Crippen molar-refractivity contribution in [3.8, 4) is 17.6 Å². The minimum Gasteiger partial charge on any atom is -0.488 e. The van der Waals surface area contributed by atoms with Crippen molar-refractivity contribution in [1.82, 2.24) is 0 Å². The van der Waals surface area contributed by atoms with E-state index >= 15 is 0 Å². The molecular weight excluding hydrogens is 244 g/mol. The molecule has 0 aliphatic rings. The molecule has 0 bridgehead atoms. The van der Waals surface area contributed by atoms with Crippen molar-refractivity contribution in [2.24, 2.45) is 0 Å². The molecule has 2 aromatic carbocycles. The van der Waals surface area contributed by atoms with Gasteiger partial charge in [-0.2, -0.15) is 0 Å². The van der Waals surface area contributed by atoms with E-state index in [0.29, 0.717) is 6.61 Å². The summed E-state index contributed by atoms with van der Waals surface area (Å²) in [6.07, 6.45) is 3.86. The van der Waals surface area contributed by atoms with Crippen molar-refractivity contribution in [1.29, 1.82) is 0 Å². The van der Waals surface area contributed by atoms with Gasteiger partial charge in [0.2, 0.25) is 0 Å². The molecule has 0 fully saturated rings. The van der Waals surface area contributed by atoms with Crippen LogP contribution in [0.3, 0.4) is 0 Å². The Kier molecular flexibility index (Phi) is 5.03. The van der Waals surface area contributed by atoms with Crippen molar-refractivity contribution in [2.45, 2.75) is 20.5 Å². The maximum atomic E-state index is 5.94. The zero-order valence-electron chi connectivity index (χ0n) is 11.9. The first kappa shape index (κ1) is 14.0. The van der Waals surface area contributed by atoms with Gasteiger partial charge in [-0.15, -0.1) is 5.92 Å². The smallest absolute Gasteiger partial charge is 0.127 e. The van der Waals surface area contributed by atoms with Gasteiger partial charge in [0.1, 0.15) is 12.4 Å². The number of rotatable bonds is 4. The molecule has 0 aliphatic carbocycles. The van der Waals surface area contributed by atoms with Crippen LogP contribution in [0.2, 0.25) is 0 Å². The lowest BCUT2D eigenvalue weighted by atomic mass is 10.1. The van der Waals surface area contributed by atoms with Crippen LogP contribution in [0.1, 0.15) is 23.6 Å². The van der Waals surface area contributed by atoms with Gasteiger partial charge in [-0.25, -0.2) is 0 Å². The average molecular weight is 262 g/mol. The normalized spacial score (nSPS) is 10.1. The summed E-state index contributed by atoms with van der Waals surface area (Å²) in [7, 11) is 0. The van der Waals surface area contributed by atoms with Gasteiger partial charge in [0.25, 0.3) is 0 Å². The maximum Gasteiger partial charge on any atom is 0.127 e. The highest BCUT2D eigenvalue weighted by Crippen LogP contribution is 2.24. The predicted molar refractivity (Wildman–Crippen MR) is 84.4 cm³/mol. The van der Waals surface area contributed by atoms with E-state index < -0.39 is 0 Å². The van der Waals surface area contributed by atoms with Crippen LogP contribution in [0, 0.1) is 18.8 Å². The van der Waals surface area contributed by atoms with Crippen LogP contribution < -0.4 is 4.74 Å². The standard InChI is InChI=1S/C19H18O/c1-3-4-6-13-18-16(2)10-9-14-19(18)20-15-17-11-7-5-8-12-17/h5-14H,15H2,1-2H3/b13-6-. The highest BCUT2D eigenvalue weighted by molar-refractivity contribution is 5.62. The van der Waals surface area contributed by atoms with Gasteiger partial charge < -0.3 is 4.74 Å². The minimum absolute atomic E-state index is 0.574. The summed E-state index contributed by atoms with van der Waals surface area (Å²) in [6.45, 7) is 4.48. The third-order valence-electron chi connectivity index (χ3n) is 3.00. The van der Waals surface area contributed by atoms with E-state index in [1.54, 1.807) is 0 Å². The molecule has 0 saturated heterocycles. The molecule has 0 unspecified atom stereocenters. The first-order valence-corrected chi connectivity index (χ1v) is 6.66. The predicted octanol–water partition coefficient (Wildman–Crippen LogP) is 4.61. The van der Waals surface area contributed by atoms with Crippen LogP contribution in [0.15, 0.2) is 54.6 Å². The topological polar surface area (TPSA) is 9.23 Å². The molecule has 2 aromatic rings.